The molecular formula is C17H21ClN2O6S2. The molecule has 0 aliphatic heterocycles. The number of hydrogen-bond acceptors (Lipinski definition) is 7. The first kappa shape index (κ1) is 22.3. The fraction of sp³-hybridized carbons (Fsp3) is 0.294. The smallest absolute Gasteiger partial charge is 0.242 e. The second-order valence-corrected chi connectivity index (χ2v) is 9.95. The summed E-state index contributed by atoms with van der Waals surface area (Å²) in [4.78, 5) is -0.418. The highest BCUT2D eigenvalue weighted by atomic mass is 35.5. The first-order valence-corrected chi connectivity index (χ1v) is 11.8. The third-order valence-corrected chi connectivity index (χ3v) is 6.77. The van der Waals surface area contributed by atoms with Crippen LogP contribution in [-0.2, 0) is 19.9 Å². The zero-order valence-corrected chi connectivity index (χ0v) is 17.9. The zero-order chi connectivity index (χ0) is 20.9. The van der Waals surface area contributed by atoms with E-state index in [0.717, 1.165) is 12.3 Å². The van der Waals surface area contributed by atoms with Crippen molar-refractivity contribution < 1.29 is 26.3 Å². The van der Waals surface area contributed by atoms with Crippen molar-refractivity contribution in [3.63, 3.8) is 0 Å². The van der Waals surface area contributed by atoms with Crippen LogP contribution in [0.3, 0.4) is 0 Å². The molecule has 0 atom stereocenters. The summed E-state index contributed by atoms with van der Waals surface area (Å²) < 4.78 is 61.0. The summed E-state index contributed by atoms with van der Waals surface area (Å²) in [6.07, 6.45) is 0.992. The first-order chi connectivity index (χ1) is 13.1. The first-order valence-electron chi connectivity index (χ1n) is 8.03. The molecule has 2 N–H and O–H groups in total. The highest BCUT2D eigenvalue weighted by molar-refractivity contribution is 7.91. The molecule has 2 rings (SSSR count). The average molecular weight is 449 g/mol. The normalized spacial score (nSPS) is 11.9. The number of halogens is 1. The minimum atomic E-state index is -3.99. The van der Waals surface area contributed by atoms with E-state index in [1.165, 1.54) is 26.4 Å². The maximum atomic E-state index is 12.5. The molecule has 0 aromatic heterocycles. The van der Waals surface area contributed by atoms with Gasteiger partial charge in [-0.05, 0) is 18.2 Å². The Morgan fingerprint density at radius 2 is 1.54 bits per heavy atom. The van der Waals surface area contributed by atoms with Crippen LogP contribution in [0.25, 0.3) is 0 Å². The number of sulfonamides is 1. The fourth-order valence-corrected chi connectivity index (χ4v) is 4.58. The number of sulfone groups is 1. The molecule has 0 saturated heterocycles. The van der Waals surface area contributed by atoms with Crippen LogP contribution in [-0.4, -0.2) is 50.4 Å². The molecule has 0 radical (unpaired) electrons. The van der Waals surface area contributed by atoms with Gasteiger partial charge in [0.05, 0.1) is 24.1 Å². The number of hydrogen-bond donors (Lipinski definition) is 2. The van der Waals surface area contributed by atoms with Crippen LogP contribution < -0.4 is 19.5 Å². The minimum absolute atomic E-state index is 0.0429. The van der Waals surface area contributed by atoms with Crippen molar-refractivity contribution >= 4 is 37.1 Å². The van der Waals surface area contributed by atoms with Gasteiger partial charge in [0.1, 0.15) is 16.4 Å². The summed E-state index contributed by atoms with van der Waals surface area (Å²) in [5.74, 6) is 1.18. The van der Waals surface area contributed by atoms with Gasteiger partial charge >= 0.3 is 0 Å². The predicted molar refractivity (Wildman–Crippen MR) is 108 cm³/mol. The zero-order valence-electron chi connectivity index (χ0n) is 15.5. The molecule has 0 aliphatic rings. The molecule has 0 saturated carbocycles. The quantitative estimate of drug-likeness (QED) is 0.565. The third kappa shape index (κ3) is 5.74. The lowest BCUT2D eigenvalue weighted by Crippen LogP contribution is -2.29. The Morgan fingerprint density at radius 1 is 0.929 bits per heavy atom. The van der Waals surface area contributed by atoms with Gasteiger partial charge in [-0.25, -0.2) is 21.6 Å². The molecule has 8 nitrogen and oxygen atoms in total. The molecule has 2 aromatic carbocycles. The van der Waals surface area contributed by atoms with Crippen molar-refractivity contribution in [2.45, 2.75) is 9.79 Å². The minimum Gasteiger partial charge on any atom is -0.497 e. The van der Waals surface area contributed by atoms with Gasteiger partial charge in [0, 0.05) is 43.2 Å². The Hall–Kier alpha value is -2.01. The van der Waals surface area contributed by atoms with E-state index < -0.39 is 19.9 Å². The second-order valence-electron chi connectivity index (χ2n) is 5.79. The lowest BCUT2D eigenvalue weighted by atomic mass is 10.2. The summed E-state index contributed by atoms with van der Waals surface area (Å²) in [5.41, 5.74) is 0.688. The second kappa shape index (κ2) is 8.99. The van der Waals surface area contributed by atoms with E-state index in [0.29, 0.717) is 17.2 Å². The summed E-state index contributed by atoms with van der Waals surface area (Å²) in [7, 11) is -4.50. The Balaban J connectivity index is 2.07. The topological polar surface area (TPSA) is 111 Å². The van der Waals surface area contributed by atoms with Crippen LogP contribution in [0.4, 0.5) is 5.69 Å². The van der Waals surface area contributed by atoms with E-state index in [2.05, 4.69) is 10.0 Å². The van der Waals surface area contributed by atoms with Crippen LogP contribution in [0.15, 0.2) is 46.2 Å². The lowest BCUT2D eigenvalue weighted by molar-refractivity contribution is 0.394. The van der Waals surface area contributed by atoms with E-state index in [9.17, 15) is 16.8 Å². The number of anilines is 1. The molecule has 0 aliphatic carbocycles. The van der Waals surface area contributed by atoms with E-state index in [4.69, 9.17) is 21.1 Å². The summed E-state index contributed by atoms with van der Waals surface area (Å²) >= 11 is 5.95. The largest absolute Gasteiger partial charge is 0.497 e. The van der Waals surface area contributed by atoms with Gasteiger partial charge in [-0.2, -0.15) is 0 Å². The highest BCUT2D eigenvalue weighted by Gasteiger charge is 2.20. The van der Waals surface area contributed by atoms with Crippen LogP contribution in [0, 0.1) is 0 Å². The molecular weight excluding hydrogens is 428 g/mol. The maximum absolute atomic E-state index is 12.5. The van der Waals surface area contributed by atoms with E-state index in [-0.39, 0.29) is 27.9 Å². The van der Waals surface area contributed by atoms with Gasteiger partial charge < -0.3 is 14.8 Å². The number of ether oxygens (including phenoxy) is 2. The fourth-order valence-electron chi connectivity index (χ4n) is 2.30. The Bertz CT molecular complexity index is 1030. The van der Waals surface area contributed by atoms with Crippen molar-refractivity contribution in [3.05, 3.63) is 41.4 Å². The van der Waals surface area contributed by atoms with Gasteiger partial charge in [0.15, 0.2) is 9.84 Å². The van der Waals surface area contributed by atoms with Crippen molar-refractivity contribution in [1.82, 2.24) is 4.72 Å². The van der Waals surface area contributed by atoms with Crippen LogP contribution >= 0.6 is 11.6 Å². The number of rotatable bonds is 9. The summed E-state index contributed by atoms with van der Waals surface area (Å²) in [6.45, 7) is 0.306. The Kier molecular flexibility index (Phi) is 7.16. The number of methoxy groups -OCH3 is 2. The van der Waals surface area contributed by atoms with E-state index >= 15 is 0 Å². The molecule has 0 fully saturated rings. The van der Waals surface area contributed by atoms with E-state index in [1.54, 1.807) is 18.2 Å². The average Bonchev–Trinajstić information content (AvgIpc) is 2.64. The molecule has 0 heterocycles. The van der Waals surface area contributed by atoms with Gasteiger partial charge in [0.2, 0.25) is 10.0 Å². The molecule has 28 heavy (non-hydrogen) atoms. The van der Waals surface area contributed by atoms with Gasteiger partial charge in [-0.15, -0.1) is 0 Å². The van der Waals surface area contributed by atoms with Crippen LogP contribution in [0.1, 0.15) is 0 Å². The van der Waals surface area contributed by atoms with Crippen molar-refractivity contribution in [3.8, 4) is 11.5 Å². The molecule has 0 unspecified atom stereocenters. The lowest BCUT2D eigenvalue weighted by Gasteiger charge is -2.12. The SMILES string of the molecule is COc1cc(NCCNS(=O)(=O)c2cc(S(C)(=O)=O)ccc2Cl)cc(OC)c1. The molecule has 0 spiro atoms. The van der Waals surface area contributed by atoms with Crippen LogP contribution in [0.2, 0.25) is 5.02 Å². The Labute approximate surface area is 169 Å². The summed E-state index contributed by atoms with van der Waals surface area (Å²) in [5, 5.41) is 2.99. The van der Waals surface area contributed by atoms with E-state index in [1.807, 2.05) is 0 Å². The number of nitrogens with one attached hydrogen (secondary N) is 2. The number of benzene rings is 2. The van der Waals surface area contributed by atoms with Gasteiger partial charge in [-0.1, -0.05) is 11.6 Å². The third-order valence-electron chi connectivity index (χ3n) is 3.72. The summed E-state index contributed by atoms with van der Waals surface area (Å²) in [6, 6.07) is 8.74. The van der Waals surface area contributed by atoms with Crippen LogP contribution in [0.5, 0.6) is 11.5 Å². The van der Waals surface area contributed by atoms with Crippen molar-refractivity contribution in [1.29, 1.82) is 0 Å². The maximum Gasteiger partial charge on any atom is 0.242 e. The monoisotopic (exact) mass is 448 g/mol. The molecule has 0 bridgehead atoms. The van der Waals surface area contributed by atoms with Crippen molar-refractivity contribution in [2.24, 2.45) is 0 Å². The Morgan fingerprint density at radius 3 is 2.07 bits per heavy atom. The molecule has 2 aromatic rings. The molecule has 154 valence electrons. The standard InChI is InChI=1S/C17H21ClN2O6S2/c1-25-13-8-12(9-14(10-13)26-2)19-6-7-20-28(23,24)17-11-15(27(3,21)22)4-5-16(17)18/h4-5,8-11,19-20H,6-7H2,1-3H3. The molecule has 0 amide bonds. The highest BCUT2D eigenvalue weighted by Crippen LogP contribution is 2.26. The van der Waals surface area contributed by atoms with Gasteiger partial charge in [-0.3, -0.25) is 0 Å². The predicted octanol–water partition coefficient (Wildman–Crippen LogP) is 2.15. The molecule has 11 heteroatoms. The van der Waals surface area contributed by atoms with Gasteiger partial charge in [0.25, 0.3) is 0 Å². The van der Waals surface area contributed by atoms with Crippen molar-refractivity contribution in [2.75, 3.05) is 38.9 Å².